The quantitative estimate of drug-likeness (QED) is 0.619. The molecular formula is C16H21NO2S. The minimum absolute atomic E-state index is 0.278. The molecule has 1 saturated heterocycles. The Morgan fingerprint density at radius 3 is 2.55 bits per heavy atom. The van der Waals surface area contributed by atoms with Gasteiger partial charge in [-0.15, -0.1) is 0 Å². The van der Waals surface area contributed by atoms with E-state index in [0.717, 1.165) is 36.8 Å². The smallest absolute Gasteiger partial charge is 0.207 e. The molecule has 1 heterocycles. The Balaban J connectivity index is 1.90. The fraction of sp³-hybridized carbons (Fsp3) is 0.500. The summed E-state index contributed by atoms with van der Waals surface area (Å²) in [6.07, 6.45) is 5.30. The standard InChI is InChI=1S/C16H21NO2S/c1-13-7-9-15(10-8-13)20(18,19)17-12-16(17)11-5-3-4-6-14(16)2/h7-10H,2-6,11-12H2,1H3. The van der Waals surface area contributed by atoms with Crippen molar-refractivity contribution in [1.82, 2.24) is 4.31 Å². The van der Waals surface area contributed by atoms with Crippen molar-refractivity contribution in [3.8, 4) is 0 Å². The maximum Gasteiger partial charge on any atom is 0.243 e. The van der Waals surface area contributed by atoms with Gasteiger partial charge in [0.2, 0.25) is 10.0 Å². The topological polar surface area (TPSA) is 37.1 Å². The van der Waals surface area contributed by atoms with Crippen molar-refractivity contribution in [2.45, 2.75) is 49.5 Å². The van der Waals surface area contributed by atoms with E-state index in [9.17, 15) is 8.42 Å². The molecule has 2 fully saturated rings. The minimum Gasteiger partial charge on any atom is -0.207 e. The lowest BCUT2D eigenvalue weighted by atomic mass is 9.96. The summed E-state index contributed by atoms with van der Waals surface area (Å²) >= 11 is 0. The molecule has 0 aromatic heterocycles. The van der Waals surface area contributed by atoms with Gasteiger partial charge in [-0.1, -0.05) is 42.7 Å². The van der Waals surface area contributed by atoms with Crippen molar-refractivity contribution >= 4 is 10.0 Å². The van der Waals surface area contributed by atoms with Crippen LogP contribution in [0.1, 0.15) is 37.7 Å². The third-order valence-electron chi connectivity index (χ3n) is 4.62. The van der Waals surface area contributed by atoms with Crippen molar-refractivity contribution < 1.29 is 8.42 Å². The highest BCUT2D eigenvalue weighted by molar-refractivity contribution is 7.89. The molecule has 3 nitrogen and oxygen atoms in total. The minimum atomic E-state index is -3.37. The van der Waals surface area contributed by atoms with Gasteiger partial charge < -0.3 is 0 Å². The largest absolute Gasteiger partial charge is 0.243 e. The molecule has 3 rings (SSSR count). The van der Waals surface area contributed by atoms with Crippen LogP contribution < -0.4 is 0 Å². The molecule has 0 radical (unpaired) electrons. The first-order valence-electron chi connectivity index (χ1n) is 7.25. The second kappa shape index (κ2) is 4.71. The summed E-state index contributed by atoms with van der Waals surface area (Å²) < 4.78 is 27.1. The number of sulfonamides is 1. The van der Waals surface area contributed by atoms with Gasteiger partial charge in [0.15, 0.2) is 0 Å². The zero-order chi connectivity index (χ0) is 14.4. The number of hydrogen-bond acceptors (Lipinski definition) is 2. The van der Waals surface area contributed by atoms with Crippen LogP contribution in [0.3, 0.4) is 0 Å². The normalized spacial score (nSPS) is 30.2. The number of nitrogens with zero attached hydrogens (tertiary/aromatic N) is 1. The SMILES string of the molecule is C=C1CCCCCC12CN2S(=O)(=O)c1ccc(C)cc1. The van der Waals surface area contributed by atoms with Gasteiger partial charge in [-0.3, -0.25) is 0 Å². The van der Waals surface area contributed by atoms with Gasteiger partial charge >= 0.3 is 0 Å². The monoisotopic (exact) mass is 291 g/mol. The second-order valence-corrected chi connectivity index (χ2v) is 7.88. The van der Waals surface area contributed by atoms with Gasteiger partial charge in [0, 0.05) is 6.54 Å². The second-order valence-electron chi connectivity index (χ2n) is 6.02. The summed E-state index contributed by atoms with van der Waals surface area (Å²) in [7, 11) is -3.37. The molecule has 2 unspecified atom stereocenters. The molecule has 1 aliphatic carbocycles. The van der Waals surface area contributed by atoms with Crippen LogP contribution in [0.5, 0.6) is 0 Å². The van der Waals surface area contributed by atoms with Crippen molar-refractivity contribution in [3.63, 3.8) is 0 Å². The molecule has 1 aliphatic heterocycles. The molecule has 2 atom stereocenters. The van der Waals surface area contributed by atoms with E-state index in [2.05, 4.69) is 6.58 Å². The predicted molar refractivity (Wildman–Crippen MR) is 80.0 cm³/mol. The number of rotatable bonds is 2. The van der Waals surface area contributed by atoms with E-state index in [0.29, 0.717) is 11.4 Å². The average Bonchev–Trinajstić information content (AvgIpc) is 3.17. The van der Waals surface area contributed by atoms with E-state index in [4.69, 9.17) is 0 Å². The summed E-state index contributed by atoms with van der Waals surface area (Å²) in [4.78, 5) is 0.400. The molecule has 0 bridgehead atoms. The fourth-order valence-electron chi connectivity index (χ4n) is 3.19. The highest BCUT2D eigenvalue weighted by atomic mass is 32.2. The Hall–Kier alpha value is -1.13. The molecular weight excluding hydrogens is 270 g/mol. The van der Waals surface area contributed by atoms with Crippen LogP contribution in [-0.4, -0.2) is 24.8 Å². The van der Waals surface area contributed by atoms with Crippen LogP contribution in [0.25, 0.3) is 0 Å². The van der Waals surface area contributed by atoms with Gasteiger partial charge in [0.1, 0.15) is 0 Å². The van der Waals surface area contributed by atoms with Crippen molar-refractivity contribution in [2.24, 2.45) is 0 Å². The number of hydrogen-bond donors (Lipinski definition) is 0. The summed E-state index contributed by atoms with van der Waals surface area (Å²) in [5, 5.41) is 0. The van der Waals surface area contributed by atoms with E-state index in [-0.39, 0.29) is 5.54 Å². The molecule has 2 aliphatic rings. The maximum atomic E-state index is 12.7. The molecule has 1 spiro atoms. The zero-order valence-corrected chi connectivity index (χ0v) is 12.7. The summed E-state index contributed by atoms with van der Waals surface area (Å²) in [6.45, 7) is 6.73. The Kier molecular flexibility index (Phi) is 3.26. The van der Waals surface area contributed by atoms with Crippen LogP contribution in [-0.2, 0) is 10.0 Å². The Morgan fingerprint density at radius 1 is 1.15 bits per heavy atom. The lowest BCUT2D eigenvalue weighted by Crippen LogP contribution is -2.25. The van der Waals surface area contributed by atoms with Gasteiger partial charge in [0.05, 0.1) is 10.4 Å². The lowest BCUT2D eigenvalue weighted by molar-refractivity contribution is 0.504. The van der Waals surface area contributed by atoms with Crippen LogP contribution in [0, 0.1) is 6.92 Å². The predicted octanol–water partition coefficient (Wildman–Crippen LogP) is 3.26. The summed E-state index contributed by atoms with van der Waals surface area (Å²) in [5.41, 5.74) is 1.90. The molecule has 0 N–H and O–H groups in total. The molecule has 108 valence electrons. The Bertz CT molecular complexity index is 633. The molecule has 0 amide bonds. The van der Waals surface area contributed by atoms with E-state index >= 15 is 0 Å². The average molecular weight is 291 g/mol. The van der Waals surface area contributed by atoms with Crippen LogP contribution in [0.2, 0.25) is 0 Å². The van der Waals surface area contributed by atoms with Crippen LogP contribution in [0.15, 0.2) is 41.3 Å². The van der Waals surface area contributed by atoms with Crippen molar-refractivity contribution in [1.29, 1.82) is 0 Å². The first-order valence-corrected chi connectivity index (χ1v) is 8.69. The molecule has 1 aromatic rings. The highest BCUT2D eigenvalue weighted by Gasteiger charge is 2.59. The molecule has 1 aromatic carbocycles. The van der Waals surface area contributed by atoms with Crippen molar-refractivity contribution in [2.75, 3.05) is 6.54 Å². The summed E-state index contributed by atoms with van der Waals surface area (Å²) in [6, 6.07) is 7.11. The molecule has 1 saturated carbocycles. The third kappa shape index (κ3) is 2.11. The van der Waals surface area contributed by atoms with E-state index in [1.54, 1.807) is 16.4 Å². The maximum absolute atomic E-state index is 12.7. The Morgan fingerprint density at radius 2 is 1.85 bits per heavy atom. The van der Waals surface area contributed by atoms with Gasteiger partial charge in [0.25, 0.3) is 0 Å². The van der Waals surface area contributed by atoms with E-state index < -0.39 is 10.0 Å². The van der Waals surface area contributed by atoms with Gasteiger partial charge in [-0.25, -0.2) is 8.42 Å². The first kappa shape index (κ1) is 13.8. The van der Waals surface area contributed by atoms with Crippen molar-refractivity contribution in [3.05, 3.63) is 42.0 Å². The number of benzene rings is 1. The zero-order valence-electron chi connectivity index (χ0n) is 11.9. The van der Waals surface area contributed by atoms with E-state index in [1.165, 1.54) is 6.42 Å². The lowest BCUT2D eigenvalue weighted by Gasteiger charge is -2.18. The van der Waals surface area contributed by atoms with E-state index in [1.807, 2.05) is 19.1 Å². The van der Waals surface area contributed by atoms with Crippen LogP contribution >= 0.6 is 0 Å². The van der Waals surface area contributed by atoms with Gasteiger partial charge in [-0.05, 0) is 38.3 Å². The summed E-state index contributed by atoms with van der Waals surface area (Å²) in [5.74, 6) is 0. The molecule has 20 heavy (non-hydrogen) atoms. The fourth-order valence-corrected chi connectivity index (χ4v) is 4.99. The Labute approximate surface area is 121 Å². The van der Waals surface area contributed by atoms with Gasteiger partial charge in [-0.2, -0.15) is 4.31 Å². The number of aryl methyl sites for hydroxylation is 1. The molecule has 4 heteroatoms. The first-order chi connectivity index (χ1) is 9.47. The van der Waals surface area contributed by atoms with Crippen LogP contribution in [0.4, 0.5) is 0 Å². The highest BCUT2D eigenvalue weighted by Crippen LogP contribution is 2.49. The third-order valence-corrected chi connectivity index (χ3v) is 6.54.